The predicted octanol–water partition coefficient (Wildman–Crippen LogP) is 5.59. The molecule has 2 heterocycles. The second-order valence-corrected chi connectivity index (χ2v) is 15.8. The number of benzene rings is 3. The van der Waals surface area contributed by atoms with Crippen molar-refractivity contribution in [3.63, 3.8) is 0 Å². The van der Waals surface area contributed by atoms with Crippen LogP contribution < -0.4 is 14.4 Å². The molecule has 2 fully saturated rings. The van der Waals surface area contributed by atoms with E-state index in [1.807, 2.05) is 0 Å². The minimum Gasteiger partial charge on any atom is -0.435 e. The van der Waals surface area contributed by atoms with Gasteiger partial charge in [-0.25, -0.2) is 25.6 Å². The highest BCUT2D eigenvalue weighted by Gasteiger charge is 2.60. The molecule has 1 spiro atoms. The molecule has 45 heavy (non-hydrogen) atoms. The molecule has 1 N–H and O–H groups in total. The number of sulfonamides is 1. The van der Waals surface area contributed by atoms with Gasteiger partial charge in [0, 0.05) is 23.1 Å². The number of anilines is 1. The Kier molecular flexibility index (Phi) is 8.09. The van der Waals surface area contributed by atoms with E-state index in [-0.39, 0.29) is 64.1 Å². The number of nitrogens with one attached hydrogen (secondary N) is 1. The summed E-state index contributed by atoms with van der Waals surface area (Å²) < 4.78 is 112. The van der Waals surface area contributed by atoms with E-state index in [1.54, 1.807) is 12.1 Å². The van der Waals surface area contributed by atoms with Crippen molar-refractivity contribution in [3.8, 4) is 5.75 Å². The van der Waals surface area contributed by atoms with E-state index < -0.39 is 50.3 Å². The Bertz CT molecular complexity index is 1820. The third kappa shape index (κ3) is 5.89. The van der Waals surface area contributed by atoms with Crippen molar-refractivity contribution in [2.24, 2.45) is 5.92 Å². The summed E-state index contributed by atoms with van der Waals surface area (Å²) in [6, 6.07) is 14.5. The fourth-order valence-electron chi connectivity index (χ4n) is 6.70. The average molecular weight is 667 g/mol. The molecule has 3 aliphatic rings. The number of rotatable bonds is 9. The third-order valence-electron chi connectivity index (χ3n) is 8.97. The van der Waals surface area contributed by atoms with Crippen molar-refractivity contribution in [1.29, 1.82) is 0 Å². The Hall–Kier alpha value is -3.65. The van der Waals surface area contributed by atoms with Crippen molar-refractivity contribution in [3.05, 3.63) is 89.0 Å². The first-order valence-corrected chi connectivity index (χ1v) is 17.7. The summed E-state index contributed by atoms with van der Waals surface area (Å²) >= 11 is 0. The molecule has 1 atom stereocenters. The van der Waals surface area contributed by atoms with Crippen molar-refractivity contribution >= 4 is 31.5 Å². The zero-order valence-corrected chi connectivity index (χ0v) is 25.5. The average Bonchev–Trinajstić information content (AvgIpc) is 3.80. The number of carbonyl (C=O) groups is 1. The van der Waals surface area contributed by atoms with Crippen LogP contribution in [-0.2, 0) is 31.8 Å². The van der Waals surface area contributed by atoms with E-state index in [4.69, 9.17) is 0 Å². The van der Waals surface area contributed by atoms with Crippen molar-refractivity contribution in [2.45, 2.75) is 61.6 Å². The SMILES string of the molecule is O=C(NCc1ccccc1C(F)F)c1ccc2c(c1)C1(CCS(=O)(=O)CC1)C(C1CC1)N2S(=O)(=O)c1ccc(OC(F)F)cc1. The van der Waals surface area contributed by atoms with Crippen LogP contribution in [0.5, 0.6) is 5.75 Å². The van der Waals surface area contributed by atoms with Crippen molar-refractivity contribution in [1.82, 2.24) is 5.32 Å². The Morgan fingerprint density at radius 3 is 2.27 bits per heavy atom. The molecule has 0 radical (unpaired) electrons. The molecule has 0 aromatic heterocycles. The van der Waals surface area contributed by atoms with Crippen LogP contribution in [0.25, 0.3) is 0 Å². The first-order valence-electron chi connectivity index (χ1n) is 14.4. The second-order valence-electron chi connectivity index (χ2n) is 11.7. The second kappa shape index (κ2) is 11.6. The maximum atomic E-state index is 14.3. The van der Waals surface area contributed by atoms with Gasteiger partial charge in [-0.1, -0.05) is 24.3 Å². The van der Waals surface area contributed by atoms with Crippen molar-refractivity contribution < 1.29 is 43.9 Å². The van der Waals surface area contributed by atoms with Crippen LogP contribution in [0.1, 0.15) is 59.2 Å². The van der Waals surface area contributed by atoms with Crippen LogP contribution in [-0.4, -0.2) is 46.9 Å². The summed E-state index contributed by atoms with van der Waals surface area (Å²) in [4.78, 5) is 13.2. The minimum absolute atomic E-state index is 0.0578. The van der Waals surface area contributed by atoms with Crippen LogP contribution in [0.3, 0.4) is 0 Å². The van der Waals surface area contributed by atoms with Crippen LogP contribution in [0, 0.1) is 5.92 Å². The molecule has 8 nitrogen and oxygen atoms in total. The number of alkyl halides is 4. The molecule has 14 heteroatoms. The van der Waals surface area contributed by atoms with Crippen LogP contribution in [0.4, 0.5) is 23.2 Å². The van der Waals surface area contributed by atoms with Gasteiger partial charge in [-0.15, -0.1) is 0 Å². The van der Waals surface area contributed by atoms with Gasteiger partial charge in [0.2, 0.25) is 0 Å². The largest absolute Gasteiger partial charge is 0.435 e. The first kappa shape index (κ1) is 31.3. The first-order chi connectivity index (χ1) is 21.3. The fraction of sp³-hybridized carbons (Fsp3) is 0.387. The molecule has 1 saturated carbocycles. The van der Waals surface area contributed by atoms with Crippen molar-refractivity contribution in [2.75, 3.05) is 15.8 Å². The lowest BCUT2D eigenvalue weighted by Gasteiger charge is -2.41. The predicted molar refractivity (Wildman–Crippen MR) is 158 cm³/mol. The lowest BCUT2D eigenvalue weighted by Crippen LogP contribution is -2.52. The van der Waals surface area contributed by atoms with E-state index in [1.165, 1.54) is 46.8 Å². The van der Waals surface area contributed by atoms with Crippen LogP contribution >= 0.6 is 0 Å². The van der Waals surface area contributed by atoms with Gasteiger partial charge in [-0.2, -0.15) is 8.78 Å². The summed E-state index contributed by atoms with van der Waals surface area (Å²) in [6.07, 6.45) is -0.942. The lowest BCUT2D eigenvalue weighted by atomic mass is 9.70. The number of amides is 1. The van der Waals surface area contributed by atoms with E-state index in [2.05, 4.69) is 10.1 Å². The van der Waals surface area contributed by atoms with Gasteiger partial charge in [0.05, 0.1) is 28.1 Å². The number of sulfone groups is 1. The fourth-order valence-corrected chi connectivity index (χ4v) is 10.0. The molecule has 0 bridgehead atoms. The summed E-state index contributed by atoms with van der Waals surface area (Å²) in [5.74, 6) is -1.11. The zero-order valence-electron chi connectivity index (χ0n) is 23.8. The van der Waals surface area contributed by atoms with E-state index in [9.17, 15) is 39.2 Å². The maximum absolute atomic E-state index is 14.3. The van der Waals surface area contributed by atoms with Gasteiger partial charge < -0.3 is 10.1 Å². The Balaban J connectivity index is 1.39. The topological polar surface area (TPSA) is 110 Å². The van der Waals surface area contributed by atoms with E-state index >= 15 is 0 Å². The lowest BCUT2D eigenvalue weighted by molar-refractivity contribution is -0.0498. The number of carbonyl (C=O) groups excluding carboxylic acids is 1. The molecule has 1 saturated heterocycles. The number of hydrogen-bond donors (Lipinski definition) is 1. The monoisotopic (exact) mass is 666 g/mol. The quantitative estimate of drug-likeness (QED) is 0.299. The maximum Gasteiger partial charge on any atom is 0.387 e. The van der Waals surface area contributed by atoms with Crippen LogP contribution in [0.2, 0.25) is 0 Å². The standard InChI is InChI=1S/C31H30F4N2O6S2/c32-28(33)24-4-2-1-3-21(24)18-36-29(38)20-7-12-26-25(17-20)31(13-15-44(39,40)16-14-31)27(19-5-6-19)37(26)45(41,42)23-10-8-22(9-11-23)43-30(34)35/h1-4,7-12,17,19,27-28,30H,5-6,13-16,18H2,(H,36,38). The van der Waals surface area contributed by atoms with E-state index in [0.717, 1.165) is 25.0 Å². The molecular weight excluding hydrogens is 636 g/mol. The molecule has 3 aromatic rings. The van der Waals surface area contributed by atoms with Gasteiger partial charge in [0.15, 0.2) is 0 Å². The Labute approximate surface area is 258 Å². The molecule has 1 amide bonds. The van der Waals surface area contributed by atoms with Gasteiger partial charge in [-0.05, 0) is 85.2 Å². The minimum atomic E-state index is -4.28. The molecule has 1 aliphatic carbocycles. The smallest absolute Gasteiger partial charge is 0.387 e. The molecule has 2 aliphatic heterocycles. The Morgan fingerprint density at radius 1 is 0.978 bits per heavy atom. The normalized spacial score (nSPS) is 20.4. The highest BCUT2D eigenvalue weighted by Crippen LogP contribution is 2.59. The molecule has 3 aromatic carbocycles. The highest BCUT2D eigenvalue weighted by atomic mass is 32.2. The van der Waals surface area contributed by atoms with Gasteiger partial charge >= 0.3 is 6.61 Å². The van der Waals surface area contributed by atoms with E-state index in [0.29, 0.717) is 11.3 Å². The Morgan fingerprint density at radius 2 is 1.64 bits per heavy atom. The van der Waals surface area contributed by atoms with Gasteiger partial charge in [0.25, 0.3) is 22.4 Å². The summed E-state index contributed by atoms with van der Waals surface area (Å²) in [6.45, 7) is -3.24. The summed E-state index contributed by atoms with van der Waals surface area (Å²) in [7, 11) is -7.64. The number of hydrogen-bond acceptors (Lipinski definition) is 6. The highest BCUT2D eigenvalue weighted by molar-refractivity contribution is 7.93. The zero-order chi connectivity index (χ0) is 32.1. The molecule has 1 unspecified atom stereocenters. The number of nitrogens with zero attached hydrogens (tertiary/aromatic N) is 1. The number of fused-ring (bicyclic) bond motifs is 2. The number of ether oxygens (including phenoxy) is 1. The number of halogens is 4. The van der Waals surface area contributed by atoms with Gasteiger partial charge in [0.1, 0.15) is 15.6 Å². The summed E-state index contributed by atoms with van der Waals surface area (Å²) in [5.41, 5.74) is 0.197. The molecule has 6 rings (SSSR count). The molecule has 240 valence electrons. The molecular formula is C31H30F4N2O6S2. The summed E-state index contributed by atoms with van der Waals surface area (Å²) in [5, 5.41) is 2.67. The van der Waals surface area contributed by atoms with Crippen LogP contribution in [0.15, 0.2) is 71.6 Å². The van der Waals surface area contributed by atoms with Gasteiger partial charge in [-0.3, -0.25) is 9.10 Å². The third-order valence-corrected chi connectivity index (χ3v) is 12.4.